The van der Waals surface area contributed by atoms with Crippen LogP contribution >= 0.6 is 11.3 Å². The number of hydrogen-bond acceptors (Lipinski definition) is 5. The van der Waals surface area contributed by atoms with Crippen LogP contribution in [0, 0.1) is 12.8 Å². The van der Waals surface area contributed by atoms with E-state index in [1.54, 1.807) is 6.92 Å². The van der Waals surface area contributed by atoms with Gasteiger partial charge in [-0.3, -0.25) is 0 Å². The van der Waals surface area contributed by atoms with Crippen molar-refractivity contribution in [1.82, 2.24) is 9.62 Å². The molecule has 0 spiro atoms. The molecule has 3 fully saturated rings. The molecule has 116 valence electrons. The molecule has 2 N–H and O–H groups in total. The van der Waals surface area contributed by atoms with E-state index < -0.39 is 16.0 Å². The molecular weight excluding hydrogens is 312 g/mol. The highest BCUT2D eigenvalue weighted by Gasteiger charge is 2.37. The standard InChI is InChI=1S/C13H18N2O4S2/c1-8-12(6-11(20-8)13(16)17)21(18,19)14-10-7-15-4-2-9(10)3-5-15/h6,9-10,14H,2-5,7H2,1H3,(H,16,17). The van der Waals surface area contributed by atoms with Crippen molar-refractivity contribution >= 4 is 27.3 Å². The zero-order valence-corrected chi connectivity index (χ0v) is 13.3. The normalized spacial score (nSPS) is 28.7. The quantitative estimate of drug-likeness (QED) is 0.864. The van der Waals surface area contributed by atoms with Crippen molar-refractivity contribution < 1.29 is 18.3 Å². The average molecular weight is 330 g/mol. The highest BCUT2D eigenvalue weighted by Crippen LogP contribution is 2.30. The van der Waals surface area contributed by atoms with Crippen LogP contribution in [-0.2, 0) is 10.0 Å². The van der Waals surface area contributed by atoms with Gasteiger partial charge in [-0.2, -0.15) is 0 Å². The summed E-state index contributed by atoms with van der Waals surface area (Å²) in [4.78, 5) is 13.9. The number of piperidine rings is 3. The Balaban J connectivity index is 1.82. The average Bonchev–Trinajstić information content (AvgIpc) is 2.83. The summed E-state index contributed by atoms with van der Waals surface area (Å²) >= 11 is 0.998. The maximum Gasteiger partial charge on any atom is 0.345 e. The lowest BCUT2D eigenvalue weighted by Gasteiger charge is -2.44. The number of hydrogen-bond donors (Lipinski definition) is 2. The molecular formula is C13H18N2O4S2. The molecule has 3 saturated heterocycles. The summed E-state index contributed by atoms with van der Waals surface area (Å²) in [5.41, 5.74) is 0. The molecule has 4 rings (SSSR count). The molecule has 1 unspecified atom stereocenters. The van der Waals surface area contributed by atoms with Crippen LogP contribution in [0.3, 0.4) is 0 Å². The molecule has 0 saturated carbocycles. The molecule has 6 nitrogen and oxygen atoms in total. The Morgan fingerprint density at radius 2 is 2.10 bits per heavy atom. The lowest BCUT2D eigenvalue weighted by molar-refractivity contribution is 0.0702. The van der Waals surface area contributed by atoms with Crippen LogP contribution < -0.4 is 4.72 Å². The van der Waals surface area contributed by atoms with Gasteiger partial charge in [0.1, 0.15) is 4.88 Å². The van der Waals surface area contributed by atoms with Crippen molar-refractivity contribution in [3.05, 3.63) is 15.8 Å². The monoisotopic (exact) mass is 330 g/mol. The predicted molar refractivity (Wildman–Crippen MR) is 79.3 cm³/mol. The van der Waals surface area contributed by atoms with Crippen LogP contribution in [0.1, 0.15) is 27.4 Å². The van der Waals surface area contributed by atoms with Crippen LogP contribution in [0.15, 0.2) is 11.0 Å². The second-order valence-corrected chi connectivity index (χ2v) is 8.64. The van der Waals surface area contributed by atoms with E-state index in [1.165, 1.54) is 6.07 Å². The van der Waals surface area contributed by atoms with Crippen LogP contribution in [0.5, 0.6) is 0 Å². The van der Waals surface area contributed by atoms with Crippen molar-refractivity contribution in [2.75, 3.05) is 19.6 Å². The first-order chi connectivity index (χ1) is 9.87. The SMILES string of the molecule is Cc1sc(C(=O)O)cc1S(=O)(=O)NC1CN2CCC1CC2. The van der Waals surface area contributed by atoms with E-state index in [1.807, 2.05) is 0 Å². The van der Waals surface area contributed by atoms with Crippen LogP contribution in [0.2, 0.25) is 0 Å². The van der Waals surface area contributed by atoms with Gasteiger partial charge in [0, 0.05) is 17.5 Å². The molecule has 1 aromatic heterocycles. The largest absolute Gasteiger partial charge is 0.477 e. The first kappa shape index (κ1) is 15.0. The van der Waals surface area contributed by atoms with E-state index in [4.69, 9.17) is 5.11 Å². The molecule has 3 aliphatic rings. The fraction of sp³-hybridized carbons (Fsp3) is 0.615. The van der Waals surface area contributed by atoms with Gasteiger partial charge < -0.3 is 10.0 Å². The van der Waals surface area contributed by atoms with Crippen LogP contribution in [0.25, 0.3) is 0 Å². The number of sulfonamides is 1. The topological polar surface area (TPSA) is 86.7 Å². The van der Waals surface area contributed by atoms with Gasteiger partial charge in [0.05, 0.1) is 4.90 Å². The van der Waals surface area contributed by atoms with Gasteiger partial charge in [-0.25, -0.2) is 17.9 Å². The second kappa shape index (κ2) is 5.35. The number of nitrogens with zero attached hydrogens (tertiary/aromatic N) is 1. The van der Waals surface area contributed by atoms with Gasteiger partial charge in [0.15, 0.2) is 0 Å². The first-order valence-corrected chi connectivity index (χ1v) is 9.25. The fourth-order valence-electron chi connectivity index (χ4n) is 3.20. The van der Waals surface area contributed by atoms with Gasteiger partial charge >= 0.3 is 5.97 Å². The molecule has 0 aliphatic carbocycles. The number of carboxylic acids is 1. The maximum absolute atomic E-state index is 12.5. The number of fused-ring (bicyclic) bond motifs is 3. The zero-order chi connectivity index (χ0) is 15.2. The van der Waals surface area contributed by atoms with E-state index in [9.17, 15) is 13.2 Å². The van der Waals surface area contributed by atoms with E-state index in [-0.39, 0.29) is 15.8 Å². The molecule has 0 radical (unpaired) electrons. The van der Waals surface area contributed by atoms with Gasteiger partial charge in [-0.15, -0.1) is 11.3 Å². The number of carbonyl (C=O) groups is 1. The number of nitrogens with one attached hydrogen (secondary N) is 1. The Kier molecular flexibility index (Phi) is 3.81. The van der Waals surface area contributed by atoms with Crippen molar-refractivity contribution in [3.63, 3.8) is 0 Å². The Bertz CT molecular complexity index is 660. The summed E-state index contributed by atoms with van der Waals surface area (Å²) in [5.74, 6) is -0.699. The fourth-order valence-corrected chi connectivity index (χ4v) is 5.93. The third kappa shape index (κ3) is 2.85. The number of aromatic carboxylic acids is 1. The van der Waals surface area contributed by atoms with Crippen LogP contribution in [-0.4, -0.2) is 50.1 Å². The molecule has 1 atom stereocenters. The van der Waals surface area contributed by atoms with E-state index in [0.717, 1.165) is 43.8 Å². The number of thiophene rings is 1. The Morgan fingerprint density at radius 3 is 2.57 bits per heavy atom. The minimum atomic E-state index is -3.66. The minimum absolute atomic E-state index is 0.0572. The van der Waals surface area contributed by atoms with Gasteiger partial charge in [0.25, 0.3) is 0 Å². The molecule has 8 heteroatoms. The Hall–Kier alpha value is -0.960. The maximum atomic E-state index is 12.5. The van der Waals surface area contributed by atoms with E-state index in [0.29, 0.717) is 10.8 Å². The number of aryl methyl sites for hydroxylation is 1. The lowest BCUT2D eigenvalue weighted by atomic mass is 9.85. The number of carboxylic acid groups (broad SMARTS) is 1. The molecule has 2 bridgehead atoms. The van der Waals surface area contributed by atoms with Crippen molar-refractivity contribution in [1.29, 1.82) is 0 Å². The minimum Gasteiger partial charge on any atom is -0.477 e. The summed E-state index contributed by atoms with van der Waals surface area (Å²) in [5, 5.41) is 8.98. The Labute approximate surface area is 127 Å². The Morgan fingerprint density at radius 1 is 1.43 bits per heavy atom. The molecule has 1 aromatic rings. The summed E-state index contributed by atoms with van der Waals surface area (Å²) in [7, 11) is -3.66. The number of rotatable bonds is 4. The third-order valence-electron chi connectivity index (χ3n) is 4.34. The molecule has 3 aliphatic heterocycles. The summed E-state index contributed by atoms with van der Waals surface area (Å²) in [6, 6.07) is 1.19. The van der Waals surface area contributed by atoms with Crippen molar-refractivity contribution in [2.45, 2.75) is 30.7 Å². The predicted octanol–water partition coefficient (Wildman–Crippen LogP) is 1.13. The van der Waals surface area contributed by atoms with Gasteiger partial charge in [-0.05, 0) is 44.8 Å². The summed E-state index contributed by atoms with van der Waals surface area (Å²) in [6.45, 7) is 4.48. The third-order valence-corrected chi connectivity index (χ3v) is 7.12. The highest BCUT2D eigenvalue weighted by atomic mass is 32.2. The van der Waals surface area contributed by atoms with Gasteiger partial charge in [-0.1, -0.05) is 0 Å². The van der Waals surface area contributed by atoms with Crippen molar-refractivity contribution in [2.24, 2.45) is 5.92 Å². The smallest absolute Gasteiger partial charge is 0.345 e. The molecule has 0 amide bonds. The van der Waals surface area contributed by atoms with E-state index in [2.05, 4.69) is 9.62 Å². The summed E-state index contributed by atoms with van der Waals surface area (Å²) in [6.07, 6.45) is 2.05. The molecule has 21 heavy (non-hydrogen) atoms. The van der Waals surface area contributed by atoms with Gasteiger partial charge in [0.2, 0.25) is 10.0 Å². The lowest BCUT2D eigenvalue weighted by Crippen LogP contribution is -2.57. The first-order valence-electron chi connectivity index (χ1n) is 6.95. The van der Waals surface area contributed by atoms with Crippen molar-refractivity contribution in [3.8, 4) is 0 Å². The highest BCUT2D eigenvalue weighted by molar-refractivity contribution is 7.89. The van der Waals surface area contributed by atoms with E-state index >= 15 is 0 Å². The molecule has 4 heterocycles. The van der Waals surface area contributed by atoms with Crippen LogP contribution in [0.4, 0.5) is 0 Å². The zero-order valence-electron chi connectivity index (χ0n) is 11.7. The molecule has 0 aromatic carbocycles. The summed E-state index contributed by atoms with van der Waals surface area (Å²) < 4.78 is 27.8. The second-order valence-electron chi connectivity index (χ2n) is 5.70.